The van der Waals surface area contributed by atoms with Crippen molar-refractivity contribution in [3.05, 3.63) is 0 Å². The van der Waals surface area contributed by atoms with Crippen molar-refractivity contribution < 1.29 is 31.3 Å². The quantitative estimate of drug-likeness (QED) is 0.423. The molecule has 1 fully saturated rings. The van der Waals surface area contributed by atoms with E-state index >= 15 is 0 Å². The zero-order valence-electron chi connectivity index (χ0n) is 14.4. The van der Waals surface area contributed by atoms with Crippen molar-refractivity contribution in [2.45, 2.75) is 89.0 Å². The third-order valence-corrected chi connectivity index (χ3v) is 3.99. The molecular formula is C16H32O6. The summed E-state index contributed by atoms with van der Waals surface area (Å²) in [4.78, 5) is 0. The number of aliphatic hydroxyl groups excluding tert-OH is 4. The van der Waals surface area contributed by atoms with Crippen molar-refractivity contribution in [3.8, 4) is 0 Å². The highest BCUT2D eigenvalue weighted by Crippen LogP contribution is 2.22. The van der Waals surface area contributed by atoms with Gasteiger partial charge in [0.2, 0.25) is 0 Å². The van der Waals surface area contributed by atoms with Crippen molar-refractivity contribution >= 4 is 0 Å². The van der Waals surface area contributed by atoms with Crippen LogP contribution in [-0.4, -0.2) is 64.3 Å². The maximum atomic E-state index is 9.83. The van der Waals surface area contributed by atoms with Gasteiger partial charge < -0.3 is 29.9 Å². The average molecular weight is 321 g/mol. The first-order chi connectivity index (χ1) is 11.0. The largest absolute Gasteiger partial charge is 0.394 e. The Morgan fingerprint density at radius 1 is 0.955 bits per heavy atom. The summed E-state index contributed by atoms with van der Waals surface area (Å²) in [7, 11) is 0. The van der Waals surface area contributed by atoms with E-state index in [9.17, 15) is 15.3 Å². The lowest BCUT2D eigenvalue weighted by molar-refractivity contribution is -0.301. The highest BCUT2D eigenvalue weighted by molar-refractivity contribution is 4.88. The summed E-state index contributed by atoms with van der Waals surface area (Å²) in [6.45, 7) is 1.78. The van der Waals surface area contributed by atoms with E-state index in [0.717, 1.165) is 12.8 Å². The number of hydrogen-bond donors (Lipinski definition) is 4. The van der Waals surface area contributed by atoms with E-state index in [-0.39, 0.29) is 6.61 Å². The minimum atomic E-state index is -1.44. The van der Waals surface area contributed by atoms with Crippen LogP contribution in [0.3, 0.4) is 0 Å². The van der Waals surface area contributed by atoms with E-state index in [4.69, 9.17) is 16.0 Å². The van der Waals surface area contributed by atoms with E-state index < -0.39 is 43.7 Å². The van der Waals surface area contributed by atoms with E-state index in [1.165, 1.54) is 25.7 Å². The Morgan fingerprint density at radius 3 is 2.23 bits per heavy atom. The van der Waals surface area contributed by atoms with Crippen LogP contribution in [0.5, 0.6) is 0 Å². The predicted octanol–water partition coefficient (Wildman–Crippen LogP) is 0.944. The van der Waals surface area contributed by atoms with E-state index in [1.807, 2.05) is 0 Å². The molecule has 1 aliphatic heterocycles. The van der Waals surface area contributed by atoms with Crippen molar-refractivity contribution in [3.63, 3.8) is 0 Å². The van der Waals surface area contributed by atoms with Crippen molar-refractivity contribution in [1.29, 1.82) is 0 Å². The van der Waals surface area contributed by atoms with Gasteiger partial charge >= 0.3 is 0 Å². The first-order valence-electron chi connectivity index (χ1n) is 8.93. The molecule has 0 spiro atoms. The van der Waals surface area contributed by atoms with Crippen LogP contribution < -0.4 is 0 Å². The van der Waals surface area contributed by atoms with Gasteiger partial charge in [-0.2, -0.15) is 0 Å². The Bertz CT molecular complexity index is 304. The van der Waals surface area contributed by atoms with Crippen LogP contribution in [0.4, 0.5) is 0 Å². The topological polar surface area (TPSA) is 99.4 Å². The number of unbranched alkanes of at least 4 members (excludes halogenated alkanes) is 5. The van der Waals surface area contributed by atoms with Crippen LogP contribution in [0.1, 0.15) is 59.6 Å². The van der Waals surface area contributed by atoms with E-state index in [0.29, 0.717) is 6.42 Å². The van der Waals surface area contributed by atoms with Gasteiger partial charge in [0.1, 0.15) is 24.4 Å². The average Bonchev–Trinajstić information content (AvgIpc) is 2.55. The molecule has 1 heterocycles. The molecule has 2 unspecified atom stereocenters. The summed E-state index contributed by atoms with van der Waals surface area (Å²) in [5.41, 5.74) is 0. The minimum Gasteiger partial charge on any atom is -0.394 e. The molecule has 132 valence electrons. The first-order valence-corrected chi connectivity index (χ1v) is 8.35. The fourth-order valence-electron chi connectivity index (χ4n) is 2.52. The molecule has 0 bridgehead atoms. The van der Waals surface area contributed by atoms with Gasteiger partial charge in [-0.15, -0.1) is 0 Å². The number of ether oxygens (including phenoxy) is 2. The van der Waals surface area contributed by atoms with Gasteiger partial charge in [0.25, 0.3) is 0 Å². The second-order valence-corrected chi connectivity index (χ2v) is 5.88. The molecule has 1 aliphatic rings. The van der Waals surface area contributed by atoms with E-state index in [2.05, 4.69) is 6.92 Å². The second-order valence-electron chi connectivity index (χ2n) is 5.88. The molecule has 0 radical (unpaired) electrons. The molecule has 6 nitrogen and oxygen atoms in total. The molecule has 0 aliphatic carbocycles. The van der Waals surface area contributed by atoms with Crippen molar-refractivity contribution in [2.24, 2.45) is 0 Å². The monoisotopic (exact) mass is 321 g/mol. The third kappa shape index (κ3) is 6.48. The van der Waals surface area contributed by atoms with Gasteiger partial charge in [-0.1, -0.05) is 51.9 Å². The summed E-state index contributed by atoms with van der Waals surface area (Å²) >= 11 is 0. The molecule has 1 saturated heterocycles. The van der Waals surface area contributed by atoms with Gasteiger partial charge in [0.05, 0.1) is 6.61 Å². The fourth-order valence-corrected chi connectivity index (χ4v) is 2.52. The summed E-state index contributed by atoms with van der Waals surface area (Å²) < 4.78 is 18.5. The Labute approximate surface area is 134 Å². The Kier molecular flexibility index (Phi) is 9.31. The molecule has 0 aromatic carbocycles. The van der Waals surface area contributed by atoms with Gasteiger partial charge in [-0.05, 0) is 6.40 Å². The molecule has 0 amide bonds. The molecule has 0 aromatic heterocycles. The van der Waals surface area contributed by atoms with Gasteiger partial charge in [0, 0.05) is 7.98 Å². The van der Waals surface area contributed by atoms with Crippen LogP contribution in [0, 0.1) is 0 Å². The van der Waals surface area contributed by atoms with Crippen molar-refractivity contribution in [1.82, 2.24) is 0 Å². The maximum absolute atomic E-state index is 9.83. The zero-order chi connectivity index (χ0) is 17.2. The van der Waals surface area contributed by atoms with Crippen LogP contribution in [-0.2, 0) is 9.47 Å². The van der Waals surface area contributed by atoms with Crippen LogP contribution >= 0.6 is 0 Å². The SMILES string of the molecule is [2H]C(CCCCCCCC)COC1O[C@H](CO)[C@@H](O)[C@H](O)[C@H]1O. The van der Waals surface area contributed by atoms with Gasteiger partial charge in [0.15, 0.2) is 6.29 Å². The molecule has 22 heavy (non-hydrogen) atoms. The van der Waals surface area contributed by atoms with Gasteiger partial charge in [-0.3, -0.25) is 0 Å². The standard InChI is InChI=1S/C16H32O6/c1-2-3-4-5-6-7-8-9-10-21-16-15(20)14(19)13(18)12(11-17)22-16/h12-20H,2-11H2,1H3/t12-,13-,14+,15-,16?/m1/s1/i9D/t9?,12-,13-,14+,15-,16?. The molecule has 0 aromatic rings. The smallest absolute Gasteiger partial charge is 0.186 e. The van der Waals surface area contributed by atoms with Crippen LogP contribution in [0.2, 0.25) is 0 Å². The normalized spacial score (nSPS) is 34.4. The first kappa shape index (κ1) is 18.1. The Hall–Kier alpha value is -0.240. The highest BCUT2D eigenvalue weighted by Gasteiger charge is 2.43. The number of aliphatic hydroxyl groups is 4. The summed E-state index contributed by atoms with van der Waals surface area (Å²) in [5.74, 6) is 0. The summed E-state index contributed by atoms with van der Waals surface area (Å²) in [5, 5.41) is 38.3. The maximum Gasteiger partial charge on any atom is 0.186 e. The minimum absolute atomic E-state index is 0.0810. The van der Waals surface area contributed by atoms with Crippen molar-refractivity contribution in [2.75, 3.05) is 13.2 Å². The molecule has 0 saturated carbocycles. The lowest BCUT2D eigenvalue weighted by Gasteiger charge is -2.39. The predicted molar refractivity (Wildman–Crippen MR) is 82.3 cm³/mol. The molecule has 6 atom stereocenters. The zero-order valence-corrected chi connectivity index (χ0v) is 13.4. The Morgan fingerprint density at radius 2 is 1.59 bits per heavy atom. The lowest BCUT2D eigenvalue weighted by atomic mass is 9.99. The molecule has 6 heteroatoms. The van der Waals surface area contributed by atoms with Crippen LogP contribution in [0.15, 0.2) is 0 Å². The van der Waals surface area contributed by atoms with E-state index in [1.54, 1.807) is 0 Å². The Balaban J connectivity index is 2.22. The summed E-state index contributed by atoms with van der Waals surface area (Å²) in [6, 6.07) is 0. The number of hydrogen-bond acceptors (Lipinski definition) is 6. The molecular weight excluding hydrogens is 288 g/mol. The summed E-state index contributed by atoms with van der Waals surface area (Å²) in [6.07, 6.45) is 0.937. The fraction of sp³-hybridized carbons (Fsp3) is 1.00. The lowest BCUT2D eigenvalue weighted by Crippen LogP contribution is -2.59. The highest BCUT2D eigenvalue weighted by atomic mass is 16.7. The van der Waals surface area contributed by atoms with Crippen LogP contribution in [0.25, 0.3) is 0 Å². The third-order valence-electron chi connectivity index (χ3n) is 3.99. The van der Waals surface area contributed by atoms with Gasteiger partial charge in [-0.25, -0.2) is 0 Å². The molecule has 1 rings (SSSR count). The second kappa shape index (κ2) is 11.3. The number of rotatable bonds is 11. The molecule has 4 N–H and O–H groups in total.